The minimum absolute atomic E-state index is 0.259. The van der Waals surface area contributed by atoms with Gasteiger partial charge in [-0.05, 0) is 42.3 Å². The number of benzene rings is 1. The number of rotatable bonds is 4. The van der Waals surface area contributed by atoms with E-state index < -0.39 is 0 Å². The van der Waals surface area contributed by atoms with Crippen LogP contribution in [0.1, 0.15) is 17.9 Å². The van der Waals surface area contributed by atoms with Crippen molar-refractivity contribution in [2.45, 2.75) is 12.3 Å². The van der Waals surface area contributed by atoms with Crippen molar-refractivity contribution in [3.8, 4) is 0 Å². The first-order valence-corrected chi connectivity index (χ1v) is 8.20. The Balaban J connectivity index is 1.68. The van der Waals surface area contributed by atoms with Gasteiger partial charge in [0.2, 0.25) is 0 Å². The third-order valence-electron chi connectivity index (χ3n) is 4.31. The van der Waals surface area contributed by atoms with Crippen LogP contribution >= 0.6 is 0 Å². The Bertz CT molecular complexity index is 979. The zero-order valence-corrected chi connectivity index (χ0v) is 13.8. The summed E-state index contributed by atoms with van der Waals surface area (Å²) in [6.07, 6.45) is 13.1. The highest BCUT2D eigenvalue weighted by atomic mass is 15.2. The molecule has 0 amide bonds. The molecule has 4 rings (SSSR count). The number of nitrogens with zero attached hydrogens (tertiary/aromatic N) is 3. The minimum Gasteiger partial charge on any atom is -0.399 e. The molecule has 0 saturated heterocycles. The van der Waals surface area contributed by atoms with Gasteiger partial charge in [0.15, 0.2) is 5.65 Å². The van der Waals surface area contributed by atoms with Gasteiger partial charge in [-0.3, -0.25) is 0 Å². The van der Waals surface area contributed by atoms with Crippen molar-refractivity contribution in [1.29, 1.82) is 0 Å². The van der Waals surface area contributed by atoms with Gasteiger partial charge in [0.1, 0.15) is 5.82 Å². The monoisotopic (exact) mass is 329 g/mol. The van der Waals surface area contributed by atoms with Gasteiger partial charge in [-0.2, -0.15) is 5.10 Å². The number of nitrogens with two attached hydrogens (primary N) is 1. The van der Waals surface area contributed by atoms with Crippen molar-refractivity contribution < 1.29 is 0 Å². The molecule has 0 radical (unpaired) electrons. The second kappa shape index (κ2) is 6.28. The van der Waals surface area contributed by atoms with Crippen molar-refractivity contribution >= 4 is 22.8 Å². The summed E-state index contributed by atoms with van der Waals surface area (Å²) in [4.78, 5) is 4.76. The van der Waals surface area contributed by atoms with E-state index in [1.54, 1.807) is 0 Å². The molecule has 0 bridgehead atoms. The highest BCUT2D eigenvalue weighted by Crippen LogP contribution is 2.30. The predicted molar refractivity (Wildman–Crippen MR) is 102 cm³/mol. The molecule has 1 unspecified atom stereocenters. The average molecular weight is 329 g/mol. The largest absolute Gasteiger partial charge is 0.399 e. The molecule has 1 aliphatic carbocycles. The van der Waals surface area contributed by atoms with E-state index in [-0.39, 0.29) is 5.92 Å². The average Bonchev–Trinajstić information content (AvgIpc) is 3.07. The summed E-state index contributed by atoms with van der Waals surface area (Å²) in [6.45, 7) is 3.85. The van der Waals surface area contributed by atoms with E-state index in [1.807, 2.05) is 53.3 Å². The van der Waals surface area contributed by atoms with Crippen LogP contribution in [0.4, 0.5) is 17.2 Å². The second-order valence-electron chi connectivity index (χ2n) is 6.04. The summed E-state index contributed by atoms with van der Waals surface area (Å²) in [5.74, 6) is 1.04. The maximum absolute atomic E-state index is 5.73. The molecule has 0 fully saturated rings. The van der Waals surface area contributed by atoms with Gasteiger partial charge in [0, 0.05) is 29.1 Å². The summed E-state index contributed by atoms with van der Waals surface area (Å²) < 4.78 is 1.81. The van der Waals surface area contributed by atoms with Gasteiger partial charge in [0.25, 0.3) is 0 Å². The lowest BCUT2D eigenvalue weighted by atomic mass is 9.91. The number of allylic oxidation sites excluding steroid dienone is 5. The molecular weight excluding hydrogens is 310 g/mol. The van der Waals surface area contributed by atoms with Gasteiger partial charge < -0.3 is 11.1 Å². The van der Waals surface area contributed by atoms with Gasteiger partial charge in [-0.15, -0.1) is 0 Å². The Morgan fingerprint density at radius 3 is 2.88 bits per heavy atom. The highest BCUT2D eigenvalue weighted by molar-refractivity contribution is 5.62. The summed E-state index contributed by atoms with van der Waals surface area (Å²) in [7, 11) is 0. The maximum atomic E-state index is 5.73. The zero-order valence-electron chi connectivity index (χ0n) is 13.8. The SMILES string of the molecule is C=CC1=CC(c2cnn3ccc(Nc4ccc(N)cc4)nc23)CC=C1. The van der Waals surface area contributed by atoms with Crippen molar-refractivity contribution in [3.05, 3.63) is 84.7 Å². The van der Waals surface area contributed by atoms with Crippen LogP contribution in [-0.2, 0) is 0 Å². The maximum Gasteiger partial charge on any atom is 0.161 e. The molecule has 1 atom stereocenters. The van der Waals surface area contributed by atoms with Crippen LogP contribution in [0.2, 0.25) is 0 Å². The van der Waals surface area contributed by atoms with Gasteiger partial charge in [-0.25, -0.2) is 9.50 Å². The Hall–Kier alpha value is -3.34. The quantitative estimate of drug-likeness (QED) is 0.704. The number of anilines is 3. The number of fused-ring (bicyclic) bond motifs is 1. The molecule has 124 valence electrons. The molecule has 0 spiro atoms. The third kappa shape index (κ3) is 3.04. The normalized spacial score (nSPS) is 16.6. The van der Waals surface area contributed by atoms with E-state index in [9.17, 15) is 0 Å². The van der Waals surface area contributed by atoms with Gasteiger partial charge in [-0.1, -0.05) is 30.9 Å². The standard InChI is InChI=1S/C20H19N5/c1-2-14-4-3-5-15(12-14)18-13-22-25-11-10-19(24-20(18)25)23-17-8-6-16(21)7-9-17/h2-4,6-13,15H,1,5,21H2,(H,23,24). The minimum atomic E-state index is 0.259. The molecule has 5 nitrogen and oxygen atoms in total. The summed E-state index contributed by atoms with van der Waals surface area (Å²) in [5, 5.41) is 7.74. The van der Waals surface area contributed by atoms with Gasteiger partial charge in [0.05, 0.1) is 6.20 Å². The summed E-state index contributed by atoms with van der Waals surface area (Å²) in [5.41, 5.74) is 10.5. The smallest absolute Gasteiger partial charge is 0.161 e. The lowest BCUT2D eigenvalue weighted by Crippen LogP contribution is -2.01. The number of hydrogen-bond acceptors (Lipinski definition) is 4. The number of nitrogen functional groups attached to an aromatic ring is 1. The van der Waals surface area contributed by atoms with Crippen molar-refractivity contribution in [2.75, 3.05) is 11.1 Å². The van der Waals surface area contributed by atoms with E-state index >= 15 is 0 Å². The molecular formula is C20H19N5. The van der Waals surface area contributed by atoms with Gasteiger partial charge >= 0.3 is 0 Å². The summed E-state index contributed by atoms with van der Waals surface area (Å²) >= 11 is 0. The molecule has 2 aromatic heterocycles. The first-order valence-electron chi connectivity index (χ1n) is 8.20. The lowest BCUT2D eigenvalue weighted by Gasteiger charge is -2.14. The number of aromatic nitrogens is 3. The first kappa shape index (κ1) is 15.2. The van der Waals surface area contributed by atoms with Crippen LogP contribution in [0.15, 0.2) is 79.2 Å². The predicted octanol–water partition coefficient (Wildman–Crippen LogP) is 4.21. The van der Waals surface area contributed by atoms with Crippen molar-refractivity contribution in [1.82, 2.24) is 14.6 Å². The molecule has 2 heterocycles. The molecule has 0 aliphatic heterocycles. The third-order valence-corrected chi connectivity index (χ3v) is 4.31. The zero-order chi connectivity index (χ0) is 17.2. The lowest BCUT2D eigenvalue weighted by molar-refractivity contribution is 0.852. The fraction of sp³-hybridized carbons (Fsp3) is 0.100. The first-order chi connectivity index (χ1) is 12.2. The molecule has 1 aromatic carbocycles. The van der Waals surface area contributed by atoms with E-state index in [4.69, 9.17) is 10.7 Å². The van der Waals surface area contributed by atoms with E-state index in [0.29, 0.717) is 0 Å². The molecule has 3 N–H and O–H groups in total. The Labute approximate surface area is 146 Å². The van der Waals surface area contributed by atoms with E-state index in [1.165, 1.54) is 0 Å². The Kier molecular flexibility index (Phi) is 3.82. The topological polar surface area (TPSA) is 68.2 Å². The van der Waals surface area contributed by atoms with Crippen molar-refractivity contribution in [2.24, 2.45) is 0 Å². The van der Waals surface area contributed by atoms with Crippen molar-refractivity contribution in [3.63, 3.8) is 0 Å². The molecule has 3 aromatic rings. The van der Waals surface area contributed by atoms with Crippen LogP contribution in [0, 0.1) is 0 Å². The molecule has 25 heavy (non-hydrogen) atoms. The fourth-order valence-corrected chi connectivity index (χ4v) is 2.99. The summed E-state index contributed by atoms with van der Waals surface area (Å²) in [6, 6.07) is 9.50. The van der Waals surface area contributed by atoms with Crippen LogP contribution in [0.25, 0.3) is 5.65 Å². The van der Waals surface area contributed by atoms with Crippen LogP contribution in [0.3, 0.4) is 0 Å². The molecule has 0 saturated carbocycles. The molecule has 5 heteroatoms. The molecule has 1 aliphatic rings. The van der Waals surface area contributed by atoms with Crippen LogP contribution in [0.5, 0.6) is 0 Å². The Morgan fingerprint density at radius 2 is 2.08 bits per heavy atom. The fourth-order valence-electron chi connectivity index (χ4n) is 2.99. The van der Waals surface area contributed by atoms with E-state index in [2.05, 4.69) is 35.2 Å². The number of nitrogens with one attached hydrogen (secondary N) is 1. The second-order valence-corrected chi connectivity index (χ2v) is 6.04. The highest BCUT2D eigenvalue weighted by Gasteiger charge is 2.17. The van der Waals surface area contributed by atoms with Crippen LogP contribution in [-0.4, -0.2) is 14.6 Å². The number of hydrogen-bond donors (Lipinski definition) is 2. The van der Waals surface area contributed by atoms with Crippen LogP contribution < -0.4 is 11.1 Å². The Morgan fingerprint density at radius 1 is 1.24 bits per heavy atom. The van der Waals surface area contributed by atoms with E-state index in [0.717, 1.165) is 40.4 Å².